The number of hydrogen-bond donors (Lipinski definition) is 0. The van der Waals surface area contributed by atoms with E-state index in [9.17, 15) is 9.59 Å². The zero-order valence-corrected chi connectivity index (χ0v) is 14.8. The minimum absolute atomic E-state index is 0.0108. The molecule has 5 rings (SSSR count). The molecule has 0 aromatic heterocycles. The van der Waals surface area contributed by atoms with Crippen LogP contribution in [0, 0.1) is 37.5 Å². The van der Waals surface area contributed by atoms with Gasteiger partial charge in [0.15, 0.2) is 0 Å². The fourth-order valence-electron chi connectivity index (χ4n) is 5.52. The first-order valence-electron chi connectivity index (χ1n) is 9.43. The van der Waals surface area contributed by atoms with Gasteiger partial charge in [-0.1, -0.05) is 35.4 Å². The second-order valence-electron chi connectivity index (χ2n) is 8.06. The monoisotopic (exact) mass is 333 g/mol. The predicted molar refractivity (Wildman–Crippen MR) is 97.0 cm³/mol. The lowest BCUT2D eigenvalue weighted by molar-refractivity contribution is -0.122. The summed E-state index contributed by atoms with van der Waals surface area (Å²) < 4.78 is 0. The van der Waals surface area contributed by atoms with Gasteiger partial charge in [-0.05, 0) is 56.7 Å². The Bertz CT molecular complexity index is 821. The lowest BCUT2D eigenvalue weighted by Gasteiger charge is -2.21. The van der Waals surface area contributed by atoms with Gasteiger partial charge in [-0.15, -0.1) is 0 Å². The van der Waals surface area contributed by atoms with Crippen molar-refractivity contribution in [1.29, 1.82) is 0 Å². The third-order valence-corrected chi connectivity index (χ3v) is 6.64. The third kappa shape index (κ3) is 1.92. The maximum Gasteiger partial charge on any atom is 0.238 e. The second kappa shape index (κ2) is 5.17. The fourth-order valence-corrected chi connectivity index (χ4v) is 5.52. The standard InChI is InChI=1S/C22H23NO2/c1-12-7-8-13(2)17(11-12)23-21(24)19-15-9-10-16(20(19)22(23)25)18(15)14-5-3-4-6-14/h7-11,15-16,19-20H,3-6H2,1-2H3/t15-,16+,19-,20-/m1/s1. The summed E-state index contributed by atoms with van der Waals surface area (Å²) >= 11 is 0. The van der Waals surface area contributed by atoms with Crippen molar-refractivity contribution < 1.29 is 9.59 Å². The highest BCUT2D eigenvalue weighted by atomic mass is 16.2. The Balaban J connectivity index is 1.57. The van der Waals surface area contributed by atoms with Crippen LogP contribution in [-0.2, 0) is 9.59 Å². The number of rotatable bonds is 1. The molecule has 2 amide bonds. The highest BCUT2D eigenvalue weighted by Gasteiger charge is 2.62. The van der Waals surface area contributed by atoms with Gasteiger partial charge in [0.2, 0.25) is 11.8 Å². The molecule has 1 aromatic rings. The molecule has 3 aliphatic carbocycles. The van der Waals surface area contributed by atoms with Crippen LogP contribution in [0.1, 0.15) is 36.8 Å². The third-order valence-electron chi connectivity index (χ3n) is 6.64. The Morgan fingerprint density at radius 1 is 0.920 bits per heavy atom. The number of fused-ring (bicyclic) bond motifs is 5. The van der Waals surface area contributed by atoms with Crippen molar-refractivity contribution in [2.75, 3.05) is 4.90 Å². The van der Waals surface area contributed by atoms with Crippen LogP contribution in [-0.4, -0.2) is 11.8 Å². The van der Waals surface area contributed by atoms with Crippen molar-refractivity contribution in [3.8, 4) is 0 Å². The largest absolute Gasteiger partial charge is 0.274 e. The molecule has 1 aromatic carbocycles. The number of allylic oxidation sites excluding steroid dienone is 4. The van der Waals surface area contributed by atoms with Crippen LogP contribution in [0.4, 0.5) is 5.69 Å². The number of carbonyl (C=O) groups excluding carboxylic acids is 2. The van der Waals surface area contributed by atoms with Gasteiger partial charge < -0.3 is 0 Å². The zero-order valence-electron chi connectivity index (χ0n) is 14.8. The maximum absolute atomic E-state index is 13.3. The minimum Gasteiger partial charge on any atom is -0.274 e. The van der Waals surface area contributed by atoms with E-state index in [4.69, 9.17) is 0 Å². The molecule has 2 bridgehead atoms. The van der Waals surface area contributed by atoms with Crippen LogP contribution >= 0.6 is 0 Å². The van der Waals surface area contributed by atoms with E-state index in [1.54, 1.807) is 0 Å². The van der Waals surface area contributed by atoms with Gasteiger partial charge in [-0.25, -0.2) is 4.90 Å². The average molecular weight is 333 g/mol. The summed E-state index contributed by atoms with van der Waals surface area (Å²) in [6, 6.07) is 5.99. The van der Waals surface area contributed by atoms with Crippen molar-refractivity contribution >= 4 is 17.5 Å². The van der Waals surface area contributed by atoms with Crippen LogP contribution < -0.4 is 4.90 Å². The molecule has 1 saturated heterocycles. The fraction of sp³-hybridized carbons (Fsp3) is 0.455. The molecule has 4 atom stereocenters. The van der Waals surface area contributed by atoms with Crippen LogP contribution in [0.5, 0.6) is 0 Å². The van der Waals surface area contributed by atoms with Crippen molar-refractivity contribution in [2.45, 2.75) is 39.5 Å². The van der Waals surface area contributed by atoms with Crippen molar-refractivity contribution in [3.63, 3.8) is 0 Å². The maximum atomic E-state index is 13.3. The quantitative estimate of drug-likeness (QED) is 0.573. The number of amides is 2. The molecule has 3 nitrogen and oxygen atoms in total. The highest BCUT2D eigenvalue weighted by molar-refractivity contribution is 6.23. The van der Waals surface area contributed by atoms with Crippen LogP contribution in [0.2, 0.25) is 0 Å². The number of benzene rings is 1. The molecule has 0 N–H and O–H groups in total. The highest BCUT2D eigenvalue weighted by Crippen LogP contribution is 2.58. The summed E-state index contributed by atoms with van der Waals surface area (Å²) in [5.74, 6) is -0.00588. The Morgan fingerprint density at radius 2 is 1.52 bits per heavy atom. The Labute approximate surface area is 148 Å². The molecule has 128 valence electrons. The lowest BCUT2D eigenvalue weighted by atomic mass is 9.85. The lowest BCUT2D eigenvalue weighted by Crippen LogP contribution is -2.33. The summed E-state index contributed by atoms with van der Waals surface area (Å²) in [5, 5.41) is 0. The van der Waals surface area contributed by atoms with Gasteiger partial charge >= 0.3 is 0 Å². The molecule has 2 saturated carbocycles. The second-order valence-corrected chi connectivity index (χ2v) is 8.06. The number of carbonyl (C=O) groups is 2. The van der Waals surface area contributed by atoms with Crippen molar-refractivity contribution in [3.05, 3.63) is 52.6 Å². The Kier molecular flexibility index (Phi) is 3.13. The van der Waals surface area contributed by atoms with E-state index in [0.717, 1.165) is 29.7 Å². The van der Waals surface area contributed by atoms with Gasteiger partial charge in [0.25, 0.3) is 0 Å². The molecule has 1 heterocycles. The number of imide groups is 1. The molecule has 1 aliphatic heterocycles. The number of hydrogen-bond acceptors (Lipinski definition) is 2. The summed E-state index contributed by atoms with van der Waals surface area (Å²) in [6.07, 6.45) is 9.22. The Morgan fingerprint density at radius 3 is 2.12 bits per heavy atom. The van der Waals surface area contributed by atoms with Crippen LogP contribution in [0.3, 0.4) is 0 Å². The van der Waals surface area contributed by atoms with Crippen molar-refractivity contribution in [2.24, 2.45) is 23.7 Å². The summed E-state index contributed by atoms with van der Waals surface area (Å²) in [7, 11) is 0. The summed E-state index contributed by atoms with van der Waals surface area (Å²) in [5.41, 5.74) is 5.80. The molecule has 4 aliphatic rings. The minimum atomic E-state index is -0.175. The van der Waals surface area contributed by atoms with Crippen LogP contribution in [0.25, 0.3) is 0 Å². The van der Waals surface area contributed by atoms with E-state index in [1.165, 1.54) is 28.9 Å². The molecular formula is C22H23NO2. The van der Waals surface area contributed by atoms with E-state index < -0.39 is 0 Å². The first-order valence-corrected chi connectivity index (χ1v) is 9.43. The first kappa shape index (κ1) is 15.1. The zero-order chi connectivity index (χ0) is 17.3. The molecule has 0 spiro atoms. The molecule has 0 radical (unpaired) electrons. The predicted octanol–water partition coefficient (Wildman–Crippen LogP) is 4.10. The molecule has 0 unspecified atom stereocenters. The van der Waals surface area contributed by atoms with E-state index in [2.05, 4.69) is 12.2 Å². The van der Waals surface area contributed by atoms with Gasteiger partial charge in [-0.2, -0.15) is 0 Å². The smallest absolute Gasteiger partial charge is 0.238 e. The normalized spacial score (nSPS) is 33.1. The first-order chi connectivity index (χ1) is 12.1. The van der Waals surface area contributed by atoms with Crippen LogP contribution in [0.15, 0.2) is 41.5 Å². The average Bonchev–Trinajstić information content (AvgIpc) is 3.33. The SMILES string of the molecule is Cc1ccc(C)c(N2C(=O)[C@H]3[C@H](C2=O)[C@H]2C=C[C@@H]3C2=C2CCCC2)c1. The van der Waals surface area contributed by atoms with E-state index in [0.29, 0.717) is 0 Å². The van der Waals surface area contributed by atoms with Gasteiger partial charge in [0, 0.05) is 11.8 Å². The summed E-state index contributed by atoms with van der Waals surface area (Å²) in [6.45, 7) is 3.98. The number of anilines is 1. The Hall–Kier alpha value is -2.16. The van der Waals surface area contributed by atoms with Gasteiger partial charge in [0.05, 0.1) is 17.5 Å². The van der Waals surface area contributed by atoms with Crippen molar-refractivity contribution in [1.82, 2.24) is 0 Å². The molecular weight excluding hydrogens is 310 g/mol. The van der Waals surface area contributed by atoms with E-state index in [1.807, 2.05) is 32.0 Å². The van der Waals surface area contributed by atoms with Gasteiger partial charge in [0.1, 0.15) is 0 Å². The number of aryl methyl sites for hydroxylation is 2. The van der Waals surface area contributed by atoms with E-state index in [-0.39, 0.29) is 35.5 Å². The summed E-state index contributed by atoms with van der Waals surface area (Å²) in [4.78, 5) is 28.0. The molecule has 3 fully saturated rings. The topological polar surface area (TPSA) is 37.4 Å². The van der Waals surface area contributed by atoms with Gasteiger partial charge in [-0.3, -0.25) is 9.59 Å². The van der Waals surface area contributed by atoms with E-state index >= 15 is 0 Å². The number of nitrogens with zero attached hydrogens (tertiary/aromatic N) is 1. The molecule has 25 heavy (non-hydrogen) atoms. The molecule has 3 heteroatoms.